The molecular formula is C37H70O4. The largest absolute Gasteiger partial charge is 0.481 e. The molecular weight excluding hydrogens is 508 g/mol. The second-order valence-corrected chi connectivity index (χ2v) is 12.4. The molecule has 0 saturated heterocycles. The van der Waals surface area contributed by atoms with Gasteiger partial charge in [0, 0.05) is 12.8 Å². The third-order valence-corrected chi connectivity index (χ3v) is 8.24. The van der Waals surface area contributed by atoms with Crippen LogP contribution in [0.15, 0.2) is 12.2 Å². The fourth-order valence-corrected chi connectivity index (χ4v) is 5.53. The predicted octanol–water partition coefficient (Wildman–Crippen LogP) is 12.3. The van der Waals surface area contributed by atoms with Gasteiger partial charge < -0.3 is 9.84 Å². The molecule has 0 bridgehead atoms. The lowest BCUT2D eigenvalue weighted by molar-refractivity contribution is -0.150. The van der Waals surface area contributed by atoms with Gasteiger partial charge in [-0.2, -0.15) is 0 Å². The molecule has 0 aromatic rings. The normalized spacial score (nSPS) is 12.2. The molecule has 0 aromatic heterocycles. The second-order valence-electron chi connectivity index (χ2n) is 12.4. The van der Waals surface area contributed by atoms with E-state index in [-0.39, 0.29) is 12.1 Å². The quantitative estimate of drug-likeness (QED) is 0.0478. The van der Waals surface area contributed by atoms with Crippen LogP contribution >= 0.6 is 0 Å². The van der Waals surface area contributed by atoms with Gasteiger partial charge in [0.2, 0.25) is 0 Å². The number of esters is 1. The molecule has 1 unspecified atom stereocenters. The first-order chi connectivity index (χ1) is 20.1. The molecule has 0 fully saturated rings. The number of unbranched alkanes of at least 4 members (excludes halogenated alkanes) is 22. The van der Waals surface area contributed by atoms with E-state index in [0.29, 0.717) is 12.8 Å². The number of carbonyl (C=O) groups excluding carboxylic acids is 1. The summed E-state index contributed by atoms with van der Waals surface area (Å²) in [7, 11) is 0. The summed E-state index contributed by atoms with van der Waals surface area (Å²) >= 11 is 0. The molecule has 4 nitrogen and oxygen atoms in total. The van der Waals surface area contributed by atoms with Crippen LogP contribution in [0.1, 0.15) is 206 Å². The third kappa shape index (κ3) is 33.1. The van der Waals surface area contributed by atoms with Crippen LogP contribution in [0, 0.1) is 0 Å². The lowest BCUT2D eigenvalue weighted by atomic mass is 10.0. The van der Waals surface area contributed by atoms with Gasteiger partial charge in [-0.05, 0) is 64.2 Å². The van der Waals surface area contributed by atoms with E-state index < -0.39 is 5.97 Å². The molecule has 0 aliphatic carbocycles. The predicted molar refractivity (Wildman–Crippen MR) is 177 cm³/mol. The standard InChI is InChI=1S/C37H70O4/c1-3-5-7-9-10-11-12-13-14-15-16-17-18-19-23-26-30-34-37(40)41-35(31-27-8-6-4-2)32-28-24-21-20-22-25-29-33-36(38)39/h13-14,35H,3-12,15-34H2,1-2H3,(H,38,39)/b14-13-. The smallest absolute Gasteiger partial charge is 0.306 e. The number of hydrogen-bond donors (Lipinski definition) is 1. The van der Waals surface area contributed by atoms with Crippen molar-refractivity contribution in [2.75, 3.05) is 0 Å². The average molecular weight is 579 g/mol. The average Bonchev–Trinajstić information content (AvgIpc) is 2.95. The minimum Gasteiger partial charge on any atom is -0.481 e. The number of carbonyl (C=O) groups is 2. The van der Waals surface area contributed by atoms with Crippen molar-refractivity contribution >= 4 is 11.9 Å². The molecule has 0 amide bonds. The van der Waals surface area contributed by atoms with Crippen LogP contribution in [-0.2, 0) is 14.3 Å². The van der Waals surface area contributed by atoms with Gasteiger partial charge in [0.25, 0.3) is 0 Å². The number of allylic oxidation sites excluding steroid dienone is 2. The van der Waals surface area contributed by atoms with Gasteiger partial charge in [0.05, 0.1) is 0 Å². The Bertz CT molecular complexity index is 585. The highest BCUT2D eigenvalue weighted by atomic mass is 16.5. The van der Waals surface area contributed by atoms with Gasteiger partial charge in [0.1, 0.15) is 6.10 Å². The highest BCUT2D eigenvalue weighted by Crippen LogP contribution is 2.18. The number of carboxylic acids is 1. The molecule has 0 heterocycles. The Morgan fingerprint density at radius 2 is 0.878 bits per heavy atom. The molecule has 0 aliphatic heterocycles. The van der Waals surface area contributed by atoms with Gasteiger partial charge in [-0.3, -0.25) is 9.59 Å². The maximum absolute atomic E-state index is 12.5. The van der Waals surface area contributed by atoms with Crippen LogP contribution in [-0.4, -0.2) is 23.1 Å². The summed E-state index contributed by atoms with van der Waals surface area (Å²) in [6.07, 6.45) is 39.6. The van der Waals surface area contributed by atoms with E-state index in [0.717, 1.165) is 57.8 Å². The first-order valence-corrected chi connectivity index (χ1v) is 18.2. The highest BCUT2D eigenvalue weighted by molar-refractivity contribution is 5.69. The minimum atomic E-state index is -0.687. The fourth-order valence-electron chi connectivity index (χ4n) is 5.53. The lowest BCUT2D eigenvalue weighted by Gasteiger charge is -2.18. The Kier molecular flexibility index (Phi) is 32.1. The molecule has 0 rings (SSSR count). The Morgan fingerprint density at radius 3 is 1.34 bits per heavy atom. The van der Waals surface area contributed by atoms with Crippen LogP contribution in [0.25, 0.3) is 0 Å². The van der Waals surface area contributed by atoms with Crippen LogP contribution in [0.2, 0.25) is 0 Å². The van der Waals surface area contributed by atoms with Crippen molar-refractivity contribution < 1.29 is 19.4 Å². The summed E-state index contributed by atoms with van der Waals surface area (Å²) in [5.41, 5.74) is 0. The maximum atomic E-state index is 12.5. The van der Waals surface area contributed by atoms with Gasteiger partial charge in [-0.15, -0.1) is 0 Å². The molecule has 0 spiro atoms. The molecule has 4 heteroatoms. The van der Waals surface area contributed by atoms with Crippen LogP contribution < -0.4 is 0 Å². The molecule has 242 valence electrons. The van der Waals surface area contributed by atoms with Crippen molar-refractivity contribution in [2.45, 2.75) is 213 Å². The summed E-state index contributed by atoms with van der Waals surface area (Å²) in [5.74, 6) is -0.677. The number of hydrogen-bond acceptors (Lipinski definition) is 3. The summed E-state index contributed by atoms with van der Waals surface area (Å²) in [5, 5.41) is 8.71. The third-order valence-electron chi connectivity index (χ3n) is 8.24. The topological polar surface area (TPSA) is 63.6 Å². The first-order valence-electron chi connectivity index (χ1n) is 18.2. The van der Waals surface area contributed by atoms with Crippen LogP contribution in [0.5, 0.6) is 0 Å². The zero-order chi connectivity index (χ0) is 30.1. The Morgan fingerprint density at radius 1 is 0.512 bits per heavy atom. The van der Waals surface area contributed by atoms with E-state index in [2.05, 4.69) is 26.0 Å². The maximum Gasteiger partial charge on any atom is 0.306 e. The van der Waals surface area contributed by atoms with Crippen LogP contribution in [0.4, 0.5) is 0 Å². The van der Waals surface area contributed by atoms with Gasteiger partial charge in [0.15, 0.2) is 0 Å². The molecule has 0 saturated carbocycles. The Labute approximate surface area is 255 Å². The summed E-state index contributed by atoms with van der Waals surface area (Å²) < 4.78 is 5.94. The van der Waals surface area contributed by atoms with E-state index in [1.165, 1.54) is 122 Å². The molecule has 0 aliphatic rings. The molecule has 41 heavy (non-hydrogen) atoms. The monoisotopic (exact) mass is 579 g/mol. The summed E-state index contributed by atoms with van der Waals surface area (Å²) in [6, 6.07) is 0. The number of carboxylic acid groups (broad SMARTS) is 1. The number of ether oxygens (including phenoxy) is 1. The molecule has 1 N–H and O–H groups in total. The summed E-state index contributed by atoms with van der Waals surface area (Å²) in [6.45, 7) is 4.51. The zero-order valence-electron chi connectivity index (χ0n) is 27.6. The van der Waals surface area contributed by atoms with E-state index in [1.807, 2.05) is 0 Å². The van der Waals surface area contributed by atoms with Crippen molar-refractivity contribution in [1.82, 2.24) is 0 Å². The fraction of sp³-hybridized carbons (Fsp3) is 0.892. The molecule has 0 aromatic carbocycles. The van der Waals surface area contributed by atoms with E-state index in [9.17, 15) is 9.59 Å². The van der Waals surface area contributed by atoms with Crippen molar-refractivity contribution in [1.29, 1.82) is 0 Å². The van der Waals surface area contributed by atoms with E-state index >= 15 is 0 Å². The number of rotatable bonds is 33. The Balaban J connectivity index is 3.78. The second kappa shape index (κ2) is 33.2. The first kappa shape index (κ1) is 39.7. The zero-order valence-corrected chi connectivity index (χ0v) is 27.6. The van der Waals surface area contributed by atoms with Crippen molar-refractivity contribution in [3.05, 3.63) is 12.2 Å². The van der Waals surface area contributed by atoms with Crippen molar-refractivity contribution in [2.24, 2.45) is 0 Å². The number of aliphatic carboxylic acids is 1. The van der Waals surface area contributed by atoms with Gasteiger partial charge in [-0.1, -0.05) is 142 Å². The lowest BCUT2D eigenvalue weighted by Crippen LogP contribution is -2.18. The Hall–Kier alpha value is -1.32. The van der Waals surface area contributed by atoms with Gasteiger partial charge in [-0.25, -0.2) is 0 Å². The highest BCUT2D eigenvalue weighted by Gasteiger charge is 2.14. The summed E-state index contributed by atoms with van der Waals surface area (Å²) in [4.78, 5) is 23.1. The molecule has 0 radical (unpaired) electrons. The SMILES string of the molecule is CCCCCCCC/C=C\CCCCCCCCCC(=O)OC(CCCCCC)CCCCCCCCCC(=O)O. The van der Waals surface area contributed by atoms with E-state index in [1.54, 1.807) is 0 Å². The minimum absolute atomic E-state index is 0.0108. The molecule has 1 atom stereocenters. The van der Waals surface area contributed by atoms with E-state index in [4.69, 9.17) is 9.84 Å². The van der Waals surface area contributed by atoms with Crippen molar-refractivity contribution in [3.8, 4) is 0 Å². The van der Waals surface area contributed by atoms with Gasteiger partial charge >= 0.3 is 11.9 Å². The van der Waals surface area contributed by atoms with Crippen LogP contribution in [0.3, 0.4) is 0 Å². The van der Waals surface area contributed by atoms with Crippen molar-refractivity contribution in [3.63, 3.8) is 0 Å².